The highest BCUT2D eigenvalue weighted by Gasteiger charge is 2.20. The van der Waals surface area contributed by atoms with Crippen LogP contribution in [-0.2, 0) is 0 Å². The molecule has 1 aromatic carbocycles. The summed E-state index contributed by atoms with van der Waals surface area (Å²) in [5.74, 6) is -0.733. The molecule has 4 nitrogen and oxygen atoms in total. The van der Waals surface area contributed by atoms with E-state index in [1.165, 1.54) is 0 Å². The molecule has 0 spiro atoms. The minimum absolute atomic E-state index is 0.138. The van der Waals surface area contributed by atoms with E-state index >= 15 is 0 Å². The number of aryl methyl sites for hydroxylation is 1. The van der Waals surface area contributed by atoms with Gasteiger partial charge in [-0.3, -0.25) is 0 Å². The molecule has 0 fully saturated rings. The van der Waals surface area contributed by atoms with E-state index in [9.17, 15) is 4.79 Å². The first-order chi connectivity index (χ1) is 8.00. The van der Waals surface area contributed by atoms with Gasteiger partial charge in [0, 0.05) is 0 Å². The Balaban J connectivity index is 2.63. The van der Waals surface area contributed by atoms with Crippen LogP contribution in [0, 0.1) is 6.92 Å². The lowest BCUT2D eigenvalue weighted by molar-refractivity contribution is 0.0686. The zero-order valence-electron chi connectivity index (χ0n) is 8.70. The number of benzene rings is 1. The number of aromatic carboxylic acids is 1. The molecule has 0 aliphatic rings. The van der Waals surface area contributed by atoms with Crippen molar-refractivity contribution in [3.8, 4) is 11.1 Å². The molecule has 0 amide bonds. The summed E-state index contributed by atoms with van der Waals surface area (Å²) >= 11 is 11.7. The van der Waals surface area contributed by atoms with Crippen molar-refractivity contribution in [1.82, 2.24) is 5.16 Å². The highest BCUT2D eigenvalue weighted by molar-refractivity contribution is 6.42. The summed E-state index contributed by atoms with van der Waals surface area (Å²) in [5, 5.41) is 13.2. The third kappa shape index (κ3) is 2.14. The van der Waals surface area contributed by atoms with Crippen molar-refractivity contribution in [3.05, 3.63) is 39.7 Å². The normalized spacial score (nSPS) is 10.5. The molecule has 2 rings (SSSR count). The van der Waals surface area contributed by atoms with Gasteiger partial charge in [-0.2, -0.15) is 0 Å². The molecule has 0 aliphatic carbocycles. The number of nitrogens with zero attached hydrogens (tertiary/aromatic N) is 1. The monoisotopic (exact) mass is 271 g/mol. The summed E-state index contributed by atoms with van der Waals surface area (Å²) in [5.41, 5.74) is 0.882. The number of carboxylic acid groups (broad SMARTS) is 1. The van der Waals surface area contributed by atoms with Crippen LogP contribution in [0.5, 0.6) is 0 Å². The second-order valence-electron chi connectivity index (χ2n) is 3.40. The predicted molar refractivity (Wildman–Crippen MR) is 63.7 cm³/mol. The van der Waals surface area contributed by atoms with Crippen molar-refractivity contribution in [3.63, 3.8) is 0 Å². The summed E-state index contributed by atoms with van der Waals surface area (Å²) < 4.78 is 4.87. The van der Waals surface area contributed by atoms with Crippen molar-refractivity contribution < 1.29 is 14.4 Å². The van der Waals surface area contributed by atoms with Gasteiger partial charge in [0.2, 0.25) is 0 Å². The van der Waals surface area contributed by atoms with Gasteiger partial charge in [-0.05, 0) is 24.6 Å². The van der Waals surface area contributed by atoms with Crippen molar-refractivity contribution in [2.45, 2.75) is 6.92 Å². The molecule has 0 unspecified atom stereocenters. The molecular formula is C11H7Cl2NO3. The maximum absolute atomic E-state index is 11.0. The highest BCUT2D eigenvalue weighted by Crippen LogP contribution is 2.32. The standard InChI is InChI=1S/C11H7Cl2NO3/c1-5-9(10(11(15)16)14-17-5)6-2-3-7(12)8(13)4-6/h2-4H,1H3,(H,15,16). The lowest BCUT2D eigenvalue weighted by Crippen LogP contribution is -1.99. The van der Waals surface area contributed by atoms with Crippen LogP contribution in [0.4, 0.5) is 0 Å². The quantitative estimate of drug-likeness (QED) is 0.906. The van der Waals surface area contributed by atoms with Crippen molar-refractivity contribution in [2.24, 2.45) is 0 Å². The second kappa shape index (κ2) is 4.39. The van der Waals surface area contributed by atoms with Gasteiger partial charge in [0.05, 0.1) is 15.6 Å². The van der Waals surface area contributed by atoms with E-state index < -0.39 is 5.97 Å². The Morgan fingerprint density at radius 2 is 2.06 bits per heavy atom. The highest BCUT2D eigenvalue weighted by atomic mass is 35.5. The molecule has 0 saturated carbocycles. The Kier molecular flexibility index (Phi) is 3.09. The van der Waals surface area contributed by atoms with Crippen LogP contribution in [0.15, 0.2) is 22.7 Å². The van der Waals surface area contributed by atoms with Crippen LogP contribution in [0.2, 0.25) is 10.0 Å². The van der Waals surface area contributed by atoms with Crippen LogP contribution >= 0.6 is 23.2 Å². The van der Waals surface area contributed by atoms with Crippen molar-refractivity contribution in [1.29, 1.82) is 0 Å². The maximum Gasteiger partial charge on any atom is 0.358 e. The fourth-order valence-corrected chi connectivity index (χ4v) is 1.81. The summed E-state index contributed by atoms with van der Waals surface area (Å²) in [6, 6.07) is 4.84. The van der Waals surface area contributed by atoms with E-state index in [1.807, 2.05) is 0 Å². The average Bonchev–Trinajstić information content (AvgIpc) is 2.64. The maximum atomic E-state index is 11.0. The zero-order chi connectivity index (χ0) is 12.6. The van der Waals surface area contributed by atoms with Gasteiger partial charge in [0.15, 0.2) is 5.69 Å². The summed E-state index contributed by atoms with van der Waals surface area (Å²) in [6.07, 6.45) is 0. The molecule has 0 aliphatic heterocycles. The Labute approximate surface area is 107 Å². The topological polar surface area (TPSA) is 63.3 Å². The van der Waals surface area contributed by atoms with Crippen molar-refractivity contribution >= 4 is 29.2 Å². The van der Waals surface area contributed by atoms with E-state index in [2.05, 4.69) is 5.16 Å². The van der Waals surface area contributed by atoms with Crippen LogP contribution in [0.25, 0.3) is 11.1 Å². The van der Waals surface area contributed by atoms with Gasteiger partial charge < -0.3 is 9.63 Å². The fourth-order valence-electron chi connectivity index (χ4n) is 1.51. The smallest absolute Gasteiger partial charge is 0.358 e. The third-order valence-corrected chi connectivity index (χ3v) is 3.01. The number of carboxylic acids is 1. The summed E-state index contributed by atoms with van der Waals surface area (Å²) in [7, 11) is 0. The molecule has 6 heteroatoms. The van der Waals surface area contributed by atoms with Crippen molar-refractivity contribution in [2.75, 3.05) is 0 Å². The number of rotatable bonds is 2. The van der Waals surface area contributed by atoms with Gasteiger partial charge in [-0.25, -0.2) is 4.79 Å². The third-order valence-electron chi connectivity index (χ3n) is 2.27. The van der Waals surface area contributed by atoms with Gasteiger partial charge in [0.25, 0.3) is 0 Å². The van der Waals surface area contributed by atoms with E-state index in [-0.39, 0.29) is 5.69 Å². The van der Waals surface area contributed by atoms with Gasteiger partial charge in [-0.1, -0.05) is 34.4 Å². The first-order valence-electron chi connectivity index (χ1n) is 4.65. The Morgan fingerprint density at radius 1 is 1.35 bits per heavy atom. The van der Waals surface area contributed by atoms with E-state index in [1.54, 1.807) is 25.1 Å². The van der Waals surface area contributed by atoms with E-state index in [4.69, 9.17) is 32.8 Å². The minimum Gasteiger partial charge on any atom is -0.476 e. The molecule has 0 saturated heterocycles. The molecule has 0 bridgehead atoms. The average molecular weight is 272 g/mol. The second-order valence-corrected chi connectivity index (χ2v) is 4.21. The van der Waals surface area contributed by atoms with Gasteiger partial charge in [-0.15, -0.1) is 0 Å². The molecule has 1 N–H and O–H groups in total. The summed E-state index contributed by atoms with van der Waals surface area (Å²) in [6.45, 7) is 1.64. The molecular weight excluding hydrogens is 265 g/mol. The van der Waals surface area contributed by atoms with Crippen LogP contribution in [-0.4, -0.2) is 16.2 Å². The molecule has 0 radical (unpaired) electrons. The first kappa shape index (κ1) is 12.0. The zero-order valence-corrected chi connectivity index (χ0v) is 10.2. The van der Waals surface area contributed by atoms with Crippen LogP contribution in [0.1, 0.15) is 16.2 Å². The van der Waals surface area contributed by atoms with Gasteiger partial charge >= 0.3 is 5.97 Å². The van der Waals surface area contributed by atoms with Crippen LogP contribution in [0.3, 0.4) is 0 Å². The molecule has 88 valence electrons. The largest absolute Gasteiger partial charge is 0.476 e. The number of hydrogen-bond acceptors (Lipinski definition) is 3. The van der Waals surface area contributed by atoms with E-state index in [0.29, 0.717) is 26.9 Å². The fraction of sp³-hybridized carbons (Fsp3) is 0.0909. The Hall–Kier alpha value is -1.52. The van der Waals surface area contributed by atoms with Crippen LogP contribution < -0.4 is 0 Å². The van der Waals surface area contributed by atoms with Gasteiger partial charge in [0.1, 0.15) is 5.76 Å². The molecule has 2 aromatic rings. The number of halogens is 2. The SMILES string of the molecule is Cc1onc(C(=O)O)c1-c1ccc(Cl)c(Cl)c1. The Morgan fingerprint density at radius 3 is 2.65 bits per heavy atom. The number of hydrogen-bond donors (Lipinski definition) is 1. The predicted octanol–water partition coefficient (Wildman–Crippen LogP) is 3.66. The minimum atomic E-state index is -1.15. The lowest BCUT2D eigenvalue weighted by atomic mass is 10.0. The Bertz CT molecular complexity index is 592. The number of carbonyl (C=O) groups is 1. The summed E-state index contributed by atoms with van der Waals surface area (Å²) in [4.78, 5) is 11.0. The molecule has 17 heavy (non-hydrogen) atoms. The lowest BCUT2D eigenvalue weighted by Gasteiger charge is -2.02. The molecule has 0 atom stereocenters. The molecule has 1 aromatic heterocycles. The molecule has 1 heterocycles. The van der Waals surface area contributed by atoms with E-state index in [0.717, 1.165) is 0 Å². The number of aromatic nitrogens is 1. The first-order valence-corrected chi connectivity index (χ1v) is 5.41.